The van der Waals surface area contributed by atoms with Gasteiger partial charge in [0.15, 0.2) is 0 Å². The topological polar surface area (TPSA) is 55.4 Å². The van der Waals surface area contributed by atoms with Gasteiger partial charge in [-0.2, -0.15) is 4.91 Å². The summed E-state index contributed by atoms with van der Waals surface area (Å²) in [5.41, 5.74) is 19.5. The lowest BCUT2D eigenvalue weighted by Gasteiger charge is -2.40. The second kappa shape index (κ2) is 6.97. The van der Waals surface area contributed by atoms with E-state index in [1.165, 1.54) is 44.5 Å². The maximum absolute atomic E-state index is 10.7. The van der Waals surface area contributed by atoms with Gasteiger partial charge in [0.25, 0.3) is 0 Å². The van der Waals surface area contributed by atoms with Gasteiger partial charge in [-0.1, -0.05) is 37.4 Å². The molecule has 3 atom stereocenters. The fraction of sp³-hybridized carbons (Fsp3) is 0.440. The van der Waals surface area contributed by atoms with Gasteiger partial charge >= 0.3 is 0 Å². The summed E-state index contributed by atoms with van der Waals surface area (Å²) in [7, 11) is 0. The maximum Gasteiger partial charge on any atom is 0.102 e. The number of nitrogens with two attached hydrogens (primary N) is 1. The molecule has 3 aliphatic rings. The minimum absolute atomic E-state index is 0.0402. The molecule has 0 radical (unpaired) electrons. The van der Waals surface area contributed by atoms with Crippen molar-refractivity contribution < 1.29 is 0 Å². The van der Waals surface area contributed by atoms with Crippen molar-refractivity contribution in [3.05, 3.63) is 80.3 Å². The third kappa shape index (κ3) is 2.68. The zero-order valence-electron chi connectivity index (χ0n) is 17.3. The van der Waals surface area contributed by atoms with Crippen molar-refractivity contribution >= 4 is 5.57 Å². The van der Waals surface area contributed by atoms with Gasteiger partial charge in [0, 0.05) is 12.0 Å². The van der Waals surface area contributed by atoms with Crippen LogP contribution in [0, 0.1) is 24.7 Å². The zero-order valence-corrected chi connectivity index (χ0v) is 17.3. The molecule has 3 heteroatoms. The van der Waals surface area contributed by atoms with Gasteiger partial charge in [0.05, 0.1) is 0 Å². The number of allylic oxidation sites excluding steroid dienone is 5. The van der Waals surface area contributed by atoms with Crippen molar-refractivity contribution in [1.82, 2.24) is 0 Å². The van der Waals surface area contributed by atoms with Gasteiger partial charge in [-0.25, -0.2) is 0 Å². The Balaban J connectivity index is 1.91. The minimum atomic E-state index is -0.0402. The quantitative estimate of drug-likeness (QED) is 0.524. The normalized spacial score (nSPS) is 25.9. The van der Waals surface area contributed by atoms with Crippen LogP contribution in [0.1, 0.15) is 71.5 Å². The molecule has 146 valence electrons. The molecule has 0 saturated carbocycles. The molecule has 28 heavy (non-hydrogen) atoms. The van der Waals surface area contributed by atoms with Gasteiger partial charge in [0.1, 0.15) is 6.54 Å². The Labute approximate surface area is 168 Å². The highest BCUT2D eigenvalue weighted by Gasteiger charge is 2.37. The number of hydrogen-bond acceptors (Lipinski definition) is 3. The molecule has 2 unspecified atom stereocenters. The van der Waals surface area contributed by atoms with E-state index in [1.54, 1.807) is 0 Å². The van der Waals surface area contributed by atoms with Crippen LogP contribution in [0.25, 0.3) is 5.57 Å². The summed E-state index contributed by atoms with van der Waals surface area (Å²) in [6.45, 7) is 15.6. The van der Waals surface area contributed by atoms with Crippen LogP contribution in [0.15, 0.2) is 47.2 Å². The molecular weight excluding hydrogens is 344 g/mol. The van der Waals surface area contributed by atoms with E-state index >= 15 is 0 Å². The van der Waals surface area contributed by atoms with Gasteiger partial charge in [-0.3, -0.25) is 0 Å². The number of fused-ring (bicyclic) bond motifs is 3. The lowest BCUT2D eigenvalue weighted by molar-refractivity contribution is 0.451. The van der Waals surface area contributed by atoms with Crippen LogP contribution in [0.5, 0.6) is 0 Å². The van der Waals surface area contributed by atoms with Gasteiger partial charge in [0.2, 0.25) is 0 Å². The van der Waals surface area contributed by atoms with Crippen molar-refractivity contribution in [1.29, 1.82) is 0 Å². The number of nitrogens with zero attached hydrogens (tertiary/aromatic N) is 1. The molecule has 1 aromatic carbocycles. The molecule has 2 N–H and O–H groups in total. The van der Waals surface area contributed by atoms with Crippen LogP contribution < -0.4 is 5.73 Å². The second-order valence-corrected chi connectivity index (χ2v) is 8.67. The summed E-state index contributed by atoms with van der Waals surface area (Å²) < 4.78 is 0. The number of nitroso groups, excluding NO2 is 1. The van der Waals surface area contributed by atoms with E-state index in [0.29, 0.717) is 5.92 Å². The largest absolute Gasteiger partial charge is 0.324 e. The number of benzene rings is 1. The van der Waals surface area contributed by atoms with E-state index in [2.05, 4.69) is 51.3 Å². The summed E-state index contributed by atoms with van der Waals surface area (Å²) in [6.07, 6.45) is 8.69. The van der Waals surface area contributed by atoms with Crippen molar-refractivity contribution in [3.63, 3.8) is 0 Å². The molecule has 0 amide bonds. The molecule has 0 aliphatic heterocycles. The van der Waals surface area contributed by atoms with Crippen molar-refractivity contribution in [2.75, 3.05) is 6.54 Å². The molecule has 4 rings (SSSR count). The molecule has 0 fully saturated rings. The molecule has 3 aliphatic carbocycles. The van der Waals surface area contributed by atoms with Crippen LogP contribution in [-0.4, -0.2) is 6.54 Å². The van der Waals surface area contributed by atoms with Crippen molar-refractivity contribution in [2.24, 2.45) is 16.8 Å². The van der Waals surface area contributed by atoms with E-state index < -0.39 is 0 Å². The first-order valence-electron chi connectivity index (χ1n) is 10.3. The third-order valence-electron chi connectivity index (χ3n) is 7.15. The van der Waals surface area contributed by atoms with Crippen LogP contribution in [0.4, 0.5) is 0 Å². The highest BCUT2D eigenvalue weighted by atomic mass is 16.3. The predicted octanol–water partition coefficient (Wildman–Crippen LogP) is 5.97. The Bertz CT molecular complexity index is 963. The molecular formula is C25H30N2O. The predicted molar refractivity (Wildman–Crippen MR) is 117 cm³/mol. The van der Waals surface area contributed by atoms with Crippen molar-refractivity contribution in [2.45, 2.75) is 58.4 Å². The highest BCUT2D eigenvalue weighted by Crippen LogP contribution is 2.52. The first kappa shape index (κ1) is 19.1. The first-order chi connectivity index (χ1) is 13.4. The van der Waals surface area contributed by atoms with Crippen molar-refractivity contribution in [3.8, 4) is 0 Å². The second-order valence-electron chi connectivity index (χ2n) is 8.67. The van der Waals surface area contributed by atoms with Gasteiger partial charge in [-0.05, 0) is 101 Å². The standard InChI is InChI=1S/C25H30N2O/c1-13(12-27-28)18-10-21-16(4)23-14(2)19-8-6-7-9-20(19)15(3)24(23)17(5)25(21)22(26)11-18/h8-9,14,18,22H,1,3,6-7,10-12,26H2,2,4-5H3/t14?,18?,22-/m1/s1. The van der Waals surface area contributed by atoms with Crippen LogP contribution in [-0.2, 0) is 6.42 Å². The molecule has 0 aromatic heterocycles. The summed E-state index contributed by atoms with van der Waals surface area (Å²) in [4.78, 5) is 10.7. The molecule has 0 spiro atoms. The molecule has 0 bridgehead atoms. The fourth-order valence-electron chi connectivity index (χ4n) is 5.78. The van der Waals surface area contributed by atoms with E-state index in [1.807, 2.05) is 0 Å². The molecule has 0 heterocycles. The van der Waals surface area contributed by atoms with E-state index in [0.717, 1.165) is 36.8 Å². The lowest BCUT2D eigenvalue weighted by Crippen LogP contribution is -2.30. The van der Waals surface area contributed by atoms with Gasteiger partial charge < -0.3 is 5.73 Å². The van der Waals surface area contributed by atoms with Gasteiger partial charge in [-0.15, -0.1) is 0 Å². The number of hydrogen-bond donors (Lipinski definition) is 1. The summed E-state index contributed by atoms with van der Waals surface area (Å²) in [5, 5.41) is 3.05. The Morgan fingerprint density at radius 1 is 1.21 bits per heavy atom. The molecule has 0 saturated heterocycles. The zero-order chi connectivity index (χ0) is 20.2. The van der Waals surface area contributed by atoms with Crippen LogP contribution in [0.2, 0.25) is 0 Å². The Hall–Kier alpha value is -2.26. The maximum atomic E-state index is 10.7. The van der Waals surface area contributed by atoms with E-state index in [9.17, 15) is 4.91 Å². The fourth-order valence-corrected chi connectivity index (χ4v) is 5.78. The highest BCUT2D eigenvalue weighted by molar-refractivity contribution is 5.91. The minimum Gasteiger partial charge on any atom is -0.324 e. The Morgan fingerprint density at radius 3 is 2.64 bits per heavy atom. The SMILES string of the molecule is C=C1C2=CCCC=C2C(C)c2c(C)c3c(c(C)c21)[C@H](N)CC(C(=C)CN=O)C3. The summed E-state index contributed by atoms with van der Waals surface area (Å²) in [5.74, 6) is 0.593. The average Bonchev–Trinajstić information content (AvgIpc) is 2.68. The summed E-state index contributed by atoms with van der Waals surface area (Å²) in [6, 6.07) is -0.0402. The monoisotopic (exact) mass is 374 g/mol. The first-order valence-corrected chi connectivity index (χ1v) is 10.3. The third-order valence-corrected chi connectivity index (χ3v) is 7.15. The van der Waals surface area contributed by atoms with E-state index in [-0.39, 0.29) is 18.5 Å². The Morgan fingerprint density at radius 2 is 1.93 bits per heavy atom. The van der Waals surface area contributed by atoms with Crippen LogP contribution >= 0.6 is 0 Å². The average molecular weight is 375 g/mol. The smallest absolute Gasteiger partial charge is 0.102 e. The Kier molecular flexibility index (Phi) is 4.75. The lowest BCUT2D eigenvalue weighted by atomic mass is 9.65. The van der Waals surface area contributed by atoms with E-state index in [4.69, 9.17) is 5.73 Å². The number of rotatable bonds is 3. The molecule has 3 nitrogen and oxygen atoms in total. The van der Waals surface area contributed by atoms with Crippen LogP contribution in [0.3, 0.4) is 0 Å². The summed E-state index contributed by atoms with van der Waals surface area (Å²) >= 11 is 0. The molecule has 1 aromatic rings.